The Labute approximate surface area is 76.3 Å². The highest BCUT2D eigenvalue weighted by Crippen LogP contribution is 2.29. The van der Waals surface area contributed by atoms with Crippen LogP contribution in [0, 0.1) is 5.92 Å². The van der Waals surface area contributed by atoms with Crippen LogP contribution in [0.5, 0.6) is 0 Å². The Hall–Kier alpha value is -0.0800. The maximum atomic E-state index is 3.43. The second kappa shape index (κ2) is 4.83. The van der Waals surface area contributed by atoms with E-state index >= 15 is 0 Å². The van der Waals surface area contributed by atoms with Crippen molar-refractivity contribution in [1.29, 1.82) is 0 Å². The van der Waals surface area contributed by atoms with E-state index in [-0.39, 0.29) is 0 Å². The summed E-state index contributed by atoms with van der Waals surface area (Å²) in [6.45, 7) is 8.01. The molecule has 1 saturated carbocycles. The van der Waals surface area contributed by atoms with Gasteiger partial charge in [0.15, 0.2) is 0 Å². The third kappa shape index (κ3) is 4.73. The molecule has 2 nitrogen and oxygen atoms in total. The van der Waals surface area contributed by atoms with Crippen LogP contribution in [0.25, 0.3) is 0 Å². The first-order chi connectivity index (χ1) is 5.68. The van der Waals surface area contributed by atoms with Crippen molar-refractivity contribution in [2.45, 2.75) is 32.7 Å². The van der Waals surface area contributed by atoms with E-state index in [2.05, 4.69) is 31.1 Å². The molecular weight excluding hydrogens is 148 g/mol. The summed E-state index contributed by atoms with van der Waals surface area (Å²) in [5, 5.41) is 3.43. The first-order valence-corrected chi connectivity index (χ1v) is 5.10. The summed E-state index contributed by atoms with van der Waals surface area (Å²) < 4.78 is 0. The summed E-state index contributed by atoms with van der Waals surface area (Å²) in [5.74, 6) is 1.02. The summed E-state index contributed by atoms with van der Waals surface area (Å²) >= 11 is 0. The van der Waals surface area contributed by atoms with Crippen molar-refractivity contribution in [2.75, 3.05) is 26.7 Å². The molecule has 1 aliphatic carbocycles. The number of nitrogens with one attached hydrogen (secondary N) is 1. The van der Waals surface area contributed by atoms with Crippen molar-refractivity contribution in [3.05, 3.63) is 0 Å². The second-order valence-corrected chi connectivity index (χ2v) is 4.31. The van der Waals surface area contributed by atoms with E-state index in [0.717, 1.165) is 12.5 Å². The van der Waals surface area contributed by atoms with Crippen molar-refractivity contribution in [2.24, 2.45) is 5.92 Å². The summed E-state index contributed by atoms with van der Waals surface area (Å²) in [5.41, 5.74) is 0. The summed E-state index contributed by atoms with van der Waals surface area (Å²) in [4.78, 5) is 2.44. The normalized spacial score (nSPS) is 17.8. The lowest BCUT2D eigenvalue weighted by atomic mass is 10.3. The van der Waals surface area contributed by atoms with Gasteiger partial charge in [0.25, 0.3) is 0 Å². The van der Waals surface area contributed by atoms with Crippen LogP contribution in [0.3, 0.4) is 0 Å². The van der Waals surface area contributed by atoms with Gasteiger partial charge < -0.3 is 10.2 Å². The lowest BCUT2D eigenvalue weighted by Gasteiger charge is -2.17. The van der Waals surface area contributed by atoms with Crippen LogP contribution in [0.4, 0.5) is 0 Å². The minimum atomic E-state index is 0.624. The van der Waals surface area contributed by atoms with Crippen molar-refractivity contribution in [3.63, 3.8) is 0 Å². The molecule has 72 valence electrons. The average molecular weight is 170 g/mol. The Balaban J connectivity index is 1.90. The molecule has 0 bridgehead atoms. The van der Waals surface area contributed by atoms with Crippen LogP contribution in [0.1, 0.15) is 26.7 Å². The first-order valence-electron chi connectivity index (χ1n) is 5.10. The minimum absolute atomic E-state index is 0.624. The molecule has 0 radical (unpaired) electrons. The lowest BCUT2D eigenvalue weighted by Crippen LogP contribution is -2.33. The van der Waals surface area contributed by atoms with Gasteiger partial charge in [0.05, 0.1) is 0 Å². The number of rotatable bonds is 6. The van der Waals surface area contributed by atoms with Gasteiger partial charge in [0.2, 0.25) is 0 Å². The third-order valence-electron chi connectivity index (χ3n) is 2.31. The molecule has 0 atom stereocenters. The van der Waals surface area contributed by atoms with Crippen LogP contribution in [-0.4, -0.2) is 37.6 Å². The Kier molecular flexibility index (Phi) is 4.02. The number of likely N-dealkylation sites (N-methyl/N-ethyl adjacent to an activating group) is 1. The molecule has 1 rings (SSSR count). The molecule has 1 N–H and O–H groups in total. The average Bonchev–Trinajstić information content (AvgIpc) is 2.70. The maximum absolute atomic E-state index is 3.43. The molecular formula is C10H22N2. The van der Waals surface area contributed by atoms with E-state index in [9.17, 15) is 0 Å². The van der Waals surface area contributed by atoms with Crippen molar-refractivity contribution < 1.29 is 0 Å². The van der Waals surface area contributed by atoms with Crippen LogP contribution >= 0.6 is 0 Å². The van der Waals surface area contributed by atoms with Gasteiger partial charge in [0.1, 0.15) is 0 Å². The Morgan fingerprint density at radius 1 is 1.42 bits per heavy atom. The van der Waals surface area contributed by atoms with E-state index in [1.165, 1.54) is 25.9 Å². The monoisotopic (exact) mass is 170 g/mol. The number of hydrogen-bond acceptors (Lipinski definition) is 2. The molecule has 0 aromatic carbocycles. The Morgan fingerprint density at radius 2 is 2.08 bits per heavy atom. The summed E-state index contributed by atoms with van der Waals surface area (Å²) in [7, 11) is 2.22. The molecule has 1 fully saturated rings. The quantitative estimate of drug-likeness (QED) is 0.647. The number of hydrogen-bond donors (Lipinski definition) is 1. The lowest BCUT2D eigenvalue weighted by molar-refractivity contribution is 0.314. The SMILES string of the molecule is CC(C)NCCN(C)CC1CC1. The van der Waals surface area contributed by atoms with Gasteiger partial charge in [-0.3, -0.25) is 0 Å². The van der Waals surface area contributed by atoms with Gasteiger partial charge in [-0.15, -0.1) is 0 Å². The zero-order chi connectivity index (χ0) is 8.97. The fourth-order valence-electron chi connectivity index (χ4n) is 1.38. The maximum Gasteiger partial charge on any atom is 0.0104 e. The largest absolute Gasteiger partial charge is 0.313 e. The standard InChI is InChI=1S/C10H22N2/c1-9(2)11-6-7-12(3)8-10-4-5-10/h9-11H,4-8H2,1-3H3. The van der Waals surface area contributed by atoms with Crippen LogP contribution in [-0.2, 0) is 0 Å². The molecule has 0 aliphatic heterocycles. The Bertz CT molecular complexity index is 119. The summed E-state index contributed by atoms with van der Waals surface area (Å²) in [6.07, 6.45) is 2.92. The van der Waals surface area contributed by atoms with E-state index in [1.807, 2.05) is 0 Å². The highest BCUT2D eigenvalue weighted by Gasteiger charge is 2.22. The van der Waals surface area contributed by atoms with Gasteiger partial charge in [-0.1, -0.05) is 13.8 Å². The van der Waals surface area contributed by atoms with E-state index in [4.69, 9.17) is 0 Å². The zero-order valence-electron chi connectivity index (χ0n) is 8.64. The van der Waals surface area contributed by atoms with Gasteiger partial charge in [0, 0.05) is 25.7 Å². The fraction of sp³-hybridized carbons (Fsp3) is 1.00. The van der Waals surface area contributed by atoms with E-state index in [1.54, 1.807) is 0 Å². The third-order valence-corrected chi connectivity index (χ3v) is 2.31. The van der Waals surface area contributed by atoms with Crippen molar-refractivity contribution in [3.8, 4) is 0 Å². The molecule has 0 heterocycles. The highest BCUT2D eigenvalue weighted by molar-refractivity contribution is 4.76. The molecule has 0 aromatic heterocycles. The second-order valence-electron chi connectivity index (χ2n) is 4.31. The molecule has 0 spiro atoms. The highest BCUT2D eigenvalue weighted by atomic mass is 15.1. The minimum Gasteiger partial charge on any atom is -0.313 e. The van der Waals surface area contributed by atoms with E-state index in [0.29, 0.717) is 6.04 Å². The summed E-state index contributed by atoms with van der Waals surface area (Å²) in [6, 6.07) is 0.624. The van der Waals surface area contributed by atoms with Crippen LogP contribution in [0.2, 0.25) is 0 Å². The topological polar surface area (TPSA) is 15.3 Å². The van der Waals surface area contributed by atoms with Crippen LogP contribution < -0.4 is 5.32 Å². The van der Waals surface area contributed by atoms with Crippen molar-refractivity contribution >= 4 is 0 Å². The molecule has 0 aromatic rings. The predicted molar refractivity (Wildman–Crippen MR) is 53.4 cm³/mol. The van der Waals surface area contributed by atoms with Gasteiger partial charge in [-0.25, -0.2) is 0 Å². The smallest absolute Gasteiger partial charge is 0.0104 e. The molecule has 0 amide bonds. The van der Waals surface area contributed by atoms with Crippen molar-refractivity contribution in [1.82, 2.24) is 10.2 Å². The van der Waals surface area contributed by atoms with Gasteiger partial charge in [-0.05, 0) is 25.8 Å². The number of nitrogens with zero attached hydrogens (tertiary/aromatic N) is 1. The molecule has 12 heavy (non-hydrogen) atoms. The molecule has 2 heteroatoms. The molecule has 1 aliphatic rings. The van der Waals surface area contributed by atoms with Gasteiger partial charge >= 0.3 is 0 Å². The Morgan fingerprint density at radius 3 is 2.58 bits per heavy atom. The molecule has 0 unspecified atom stereocenters. The van der Waals surface area contributed by atoms with Crippen LogP contribution in [0.15, 0.2) is 0 Å². The zero-order valence-corrected chi connectivity index (χ0v) is 8.64. The molecule has 0 saturated heterocycles. The first kappa shape index (κ1) is 10.0. The van der Waals surface area contributed by atoms with Gasteiger partial charge in [-0.2, -0.15) is 0 Å². The fourth-order valence-corrected chi connectivity index (χ4v) is 1.38. The predicted octanol–water partition coefficient (Wildman–Crippen LogP) is 1.33. The van der Waals surface area contributed by atoms with E-state index < -0.39 is 0 Å².